The molecule has 0 atom stereocenters. The molecule has 0 bridgehead atoms. The van der Waals surface area contributed by atoms with E-state index in [0.29, 0.717) is 24.6 Å². The number of nitrogens with zero attached hydrogens (tertiary/aromatic N) is 1. The summed E-state index contributed by atoms with van der Waals surface area (Å²) in [4.78, 5) is 13.8. The largest absolute Gasteiger partial charge is 0.507 e. The van der Waals surface area contributed by atoms with Crippen molar-refractivity contribution in [3.8, 4) is 5.75 Å². The minimum absolute atomic E-state index is 0.118. The van der Waals surface area contributed by atoms with Crippen LogP contribution < -0.4 is 0 Å². The zero-order valence-corrected chi connectivity index (χ0v) is 11.9. The minimum atomic E-state index is -0.652. The van der Waals surface area contributed by atoms with Crippen LogP contribution in [0, 0.1) is 9.49 Å². The molecule has 0 aromatic heterocycles. The number of phenols is 1. The van der Waals surface area contributed by atoms with Crippen molar-refractivity contribution in [3.05, 3.63) is 27.3 Å². The van der Waals surface area contributed by atoms with Gasteiger partial charge in [0.15, 0.2) is 0 Å². The van der Waals surface area contributed by atoms with Gasteiger partial charge in [0.1, 0.15) is 11.4 Å². The van der Waals surface area contributed by atoms with Crippen molar-refractivity contribution in [1.29, 1.82) is 0 Å². The fourth-order valence-corrected chi connectivity index (χ4v) is 2.80. The Morgan fingerprint density at radius 1 is 1.39 bits per heavy atom. The van der Waals surface area contributed by atoms with E-state index >= 15 is 0 Å². The lowest BCUT2D eigenvalue weighted by Crippen LogP contribution is -2.64. The fourth-order valence-electron chi connectivity index (χ4n) is 2.47. The Morgan fingerprint density at radius 3 is 2.61 bits per heavy atom. The first kappa shape index (κ1) is 12.2. The Bertz CT molecular complexity index is 507. The molecule has 1 aromatic rings. The monoisotopic (exact) mass is 359 g/mol. The van der Waals surface area contributed by atoms with E-state index in [9.17, 15) is 15.0 Å². The van der Waals surface area contributed by atoms with Gasteiger partial charge in [0.25, 0.3) is 5.91 Å². The van der Waals surface area contributed by atoms with E-state index in [0.717, 1.165) is 16.4 Å². The number of rotatable bonds is 2. The Hall–Kier alpha value is -0.820. The molecule has 1 heterocycles. The van der Waals surface area contributed by atoms with E-state index in [1.165, 1.54) is 6.07 Å². The van der Waals surface area contributed by atoms with E-state index < -0.39 is 5.60 Å². The number of β-amino-alcohol motifs (C(OH)–C–C–N with tert-alkyl or cyclic N) is 1. The molecule has 1 aromatic carbocycles. The molecule has 18 heavy (non-hydrogen) atoms. The first-order valence-electron chi connectivity index (χ1n) is 6.00. The molecule has 1 amide bonds. The molecule has 2 N–H and O–H groups in total. The third kappa shape index (κ3) is 1.99. The van der Waals surface area contributed by atoms with E-state index in [2.05, 4.69) is 0 Å². The number of hydrogen-bond acceptors (Lipinski definition) is 3. The number of aliphatic hydroxyl groups is 1. The molecule has 0 spiro atoms. The van der Waals surface area contributed by atoms with Crippen LogP contribution in [-0.4, -0.2) is 39.7 Å². The first-order chi connectivity index (χ1) is 8.49. The van der Waals surface area contributed by atoms with Crippen LogP contribution in [0.1, 0.15) is 23.2 Å². The van der Waals surface area contributed by atoms with Crippen LogP contribution >= 0.6 is 22.6 Å². The summed E-state index contributed by atoms with van der Waals surface area (Å²) in [5, 5.41) is 19.8. The molecule has 3 rings (SSSR count). The number of amides is 1. The lowest BCUT2D eigenvalue weighted by atomic mass is 9.88. The van der Waals surface area contributed by atoms with Gasteiger partial charge >= 0.3 is 0 Å². The number of halogens is 1. The quantitative estimate of drug-likeness (QED) is 0.789. The molecule has 0 unspecified atom stereocenters. The summed E-state index contributed by atoms with van der Waals surface area (Å²) in [5.74, 6) is 0.387. The van der Waals surface area contributed by atoms with Crippen molar-refractivity contribution in [3.63, 3.8) is 0 Å². The molecule has 5 heteroatoms. The number of hydrogen-bond donors (Lipinski definition) is 2. The van der Waals surface area contributed by atoms with Gasteiger partial charge in [-0.1, -0.05) is 0 Å². The van der Waals surface area contributed by atoms with Gasteiger partial charge in [-0.15, -0.1) is 0 Å². The zero-order chi connectivity index (χ0) is 12.9. The van der Waals surface area contributed by atoms with Gasteiger partial charge in [-0.25, -0.2) is 0 Å². The molecule has 2 aliphatic rings. The highest BCUT2D eigenvalue weighted by atomic mass is 127. The van der Waals surface area contributed by atoms with Crippen LogP contribution in [0.5, 0.6) is 5.75 Å². The Balaban J connectivity index is 1.70. The van der Waals surface area contributed by atoms with Crippen molar-refractivity contribution < 1.29 is 15.0 Å². The van der Waals surface area contributed by atoms with Gasteiger partial charge in [-0.2, -0.15) is 0 Å². The highest BCUT2D eigenvalue weighted by Gasteiger charge is 2.53. The smallest absolute Gasteiger partial charge is 0.254 e. The number of carbonyl (C=O) groups is 1. The SMILES string of the molecule is O=C(c1ccc(I)c(O)c1)N1CC(O)(C2CC2)C1. The van der Waals surface area contributed by atoms with Crippen LogP contribution in [-0.2, 0) is 0 Å². The predicted octanol–water partition coefficient (Wildman–Crippen LogP) is 1.59. The maximum Gasteiger partial charge on any atom is 0.254 e. The highest BCUT2D eigenvalue weighted by Crippen LogP contribution is 2.44. The number of aromatic hydroxyl groups is 1. The number of carbonyl (C=O) groups excluding carboxylic acids is 1. The maximum absolute atomic E-state index is 12.1. The summed E-state index contributed by atoms with van der Waals surface area (Å²) in [6.07, 6.45) is 2.14. The second-order valence-electron chi connectivity index (χ2n) is 5.21. The van der Waals surface area contributed by atoms with Gasteiger partial charge in [-0.05, 0) is 59.5 Å². The Labute approximate surface area is 119 Å². The van der Waals surface area contributed by atoms with Crippen LogP contribution in [0.3, 0.4) is 0 Å². The lowest BCUT2D eigenvalue weighted by molar-refractivity contribution is -0.0958. The third-order valence-corrected chi connectivity index (χ3v) is 4.66. The average Bonchev–Trinajstić information content (AvgIpc) is 3.12. The second kappa shape index (κ2) is 4.09. The molecule has 1 saturated heterocycles. The summed E-state index contributed by atoms with van der Waals surface area (Å²) in [7, 11) is 0. The van der Waals surface area contributed by atoms with Crippen LogP contribution in [0.15, 0.2) is 18.2 Å². The van der Waals surface area contributed by atoms with Crippen LogP contribution in [0.25, 0.3) is 0 Å². The van der Waals surface area contributed by atoms with Crippen molar-refractivity contribution in [2.75, 3.05) is 13.1 Å². The summed E-state index contributed by atoms with van der Waals surface area (Å²) in [6.45, 7) is 0.840. The van der Waals surface area contributed by atoms with E-state index in [4.69, 9.17) is 0 Å². The van der Waals surface area contributed by atoms with Crippen molar-refractivity contribution >= 4 is 28.5 Å². The predicted molar refractivity (Wildman–Crippen MR) is 74.4 cm³/mol. The Kier molecular flexibility index (Phi) is 2.78. The maximum atomic E-state index is 12.1. The summed E-state index contributed by atoms with van der Waals surface area (Å²) < 4.78 is 0.724. The topological polar surface area (TPSA) is 60.8 Å². The standard InChI is InChI=1S/C13H14INO3/c14-10-4-1-8(5-11(10)16)12(17)15-6-13(18,7-15)9-2-3-9/h1,4-5,9,16,18H,2-3,6-7H2. The van der Waals surface area contributed by atoms with Crippen molar-refractivity contribution in [1.82, 2.24) is 4.90 Å². The Morgan fingerprint density at radius 2 is 2.06 bits per heavy atom. The van der Waals surface area contributed by atoms with Crippen LogP contribution in [0.4, 0.5) is 0 Å². The fraction of sp³-hybridized carbons (Fsp3) is 0.462. The van der Waals surface area contributed by atoms with Gasteiger partial charge in [0.05, 0.1) is 16.7 Å². The van der Waals surface area contributed by atoms with E-state index in [1.807, 2.05) is 22.6 Å². The highest BCUT2D eigenvalue weighted by molar-refractivity contribution is 14.1. The summed E-state index contributed by atoms with van der Waals surface area (Å²) in [5.41, 5.74) is -0.174. The number of likely N-dealkylation sites (tertiary alicyclic amines) is 1. The van der Waals surface area contributed by atoms with Gasteiger partial charge in [0, 0.05) is 5.56 Å². The molecule has 2 fully saturated rings. The average molecular weight is 359 g/mol. The number of phenolic OH excluding ortho intramolecular Hbond substituents is 1. The third-order valence-electron chi connectivity index (χ3n) is 3.75. The minimum Gasteiger partial charge on any atom is -0.507 e. The van der Waals surface area contributed by atoms with Gasteiger partial charge < -0.3 is 15.1 Å². The molecule has 1 saturated carbocycles. The molecule has 96 valence electrons. The molecule has 4 nitrogen and oxygen atoms in total. The van der Waals surface area contributed by atoms with Crippen LogP contribution in [0.2, 0.25) is 0 Å². The molecule has 1 aliphatic carbocycles. The summed E-state index contributed by atoms with van der Waals surface area (Å²) >= 11 is 2.01. The first-order valence-corrected chi connectivity index (χ1v) is 7.08. The lowest BCUT2D eigenvalue weighted by Gasteiger charge is -2.47. The van der Waals surface area contributed by atoms with E-state index in [1.54, 1.807) is 17.0 Å². The van der Waals surface area contributed by atoms with Gasteiger partial charge in [0.2, 0.25) is 0 Å². The molecular weight excluding hydrogens is 345 g/mol. The van der Waals surface area contributed by atoms with E-state index in [-0.39, 0.29) is 11.7 Å². The normalized spacial score (nSPS) is 21.6. The second-order valence-corrected chi connectivity index (χ2v) is 6.37. The summed E-state index contributed by atoms with van der Waals surface area (Å²) in [6, 6.07) is 4.91. The molecular formula is C13H14INO3. The van der Waals surface area contributed by atoms with Gasteiger partial charge in [-0.3, -0.25) is 4.79 Å². The van der Waals surface area contributed by atoms with Crippen molar-refractivity contribution in [2.45, 2.75) is 18.4 Å². The number of benzene rings is 1. The van der Waals surface area contributed by atoms with Crippen molar-refractivity contribution in [2.24, 2.45) is 5.92 Å². The molecule has 0 radical (unpaired) electrons. The molecule has 1 aliphatic heterocycles. The zero-order valence-electron chi connectivity index (χ0n) is 9.77.